The van der Waals surface area contributed by atoms with Crippen LogP contribution in [0, 0.1) is 0 Å². The molecule has 1 aromatic rings. The van der Waals surface area contributed by atoms with Crippen LogP contribution in [0.2, 0.25) is 0 Å². The predicted molar refractivity (Wildman–Crippen MR) is 76.1 cm³/mol. The lowest BCUT2D eigenvalue weighted by Crippen LogP contribution is -2.58. The normalized spacial score (nSPS) is 11.8. The summed E-state index contributed by atoms with van der Waals surface area (Å²) in [5, 5.41) is 1.11. The molecule has 0 aliphatic rings. The van der Waals surface area contributed by atoms with Gasteiger partial charge in [-0.05, 0) is 32.8 Å². The first-order chi connectivity index (χ1) is 8.74. The van der Waals surface area contributed by atoms with Crippen molar-refractivity contribution in [3.05, 3.63) is 29.8 Å². The van der Waals surface area contributed by atoms with Crippen LogP contribution in [-0.4, -0.2) is 28.6 Å². The Hall–Kier alpha value is -0.683. The second kappa shape index (κ2) is 7.69. The van der Waals surface area contributed by atoms with Crippen molar-refractivity contribution in [3.63, 3.8) is 0 Å². The highest BCUT2D eigenvalue weighted by molar-refractivity contribution is 6.75. The molecule has 1 aromatic carbocycles. The lowest BCUT2D eigenvalue weighted by molar-refractivity contribution is 0.0857. The summed E-state index contributed by atoms with van der Waals surface area (Å²) in [6.07, 6.45) is 0.956. The molecule has 0 heterocycles. The van der Waals surface area contributed by atoms with E-state index in [2.05, 4.69) is 19.1 Å². The molecule has 4 heteroatoms. The maximum absolute atomic E-state index is 5.93. The minimum atomic E-state index is -2.74. The number of aryl methyl sites for hydroxylation is 1. The highest BCUT2D eigenvalue weighted by atomic mass is 28.4. The molecule has 0 radical (unpaired) electrons. The first kappa shape index (κ1) is 15.4. The van der Waals surface area contributed by atoms with E-state index in [9.17, 15) is 0 Å². The van der Waals surface area contributed by atoms with Gasteiger partial charge < -0.3 is 13.3 Å². The molecule has 0 aliphatic carbocycles. The molecule has 0 fully saturated rings. The van der Waals surface area contributed by atoms with Gasteiger partial charge in [-0.3, -0.25) is 0 Å². The van der Waals surface area contributed by atoms with Crippen molar-refractivity contribution in [1.82, 2.24) is 0 Å². The van der Waals surface area contributed by atoms with Crippen LogP contribution in [-0.2, 0) is 19.7 Å². The van der Waals surface area contributed by atoms with Crippen LogP contribution in [0.3, 0.4) is 0 Å². The maximum atomic E-state index is 5.93. The fourth-order valence-corrected chi connectivity index (χ4v) is 4.87. The largest absolute Gasteiger partial charge is 0.537 e. The zero-order chi connectivity index (χ0) is 13.4. The summed E-state index contributed by atoms with van der Waals surface area (Å²) in [5.74, 6) is 0. The van der Waals surface area contributed by atoms with E-state index in [1.54, 1.807) is 0 Å². The van der Waals surface area contributed by atoms with Gasteiger partial charge in [-0.2, -0.15) is 0 Å². The fraction of sp³-hybridized carbons (Fsp3) is 0.571. The number of rotatable bonds is 8. The van der Waals surface area contributed by atoms with Crippen molar-refractivity contribution in [1.29, 1.82) is 0 Å². The summed E-state index contributed by atoms with van der Waals surface area (Å²) in [5.41, 5.74) is 1.25. The average Bonchev–Trinajstić information content (AvgIpc) is 2.39. The Kier molecular flexibility index (Phi) is 6.57. The second-order valence-corrected chi connectivity index (χ2v) is 6.38. The van der Waals surface area contributed by atoms with Gasteiger partial charge in [0.1, 0.15) is 0 Å². The Balaban J connectivity index is 3.20. The molecule has 0 bridgehead atoms. The highest BCUT2D eigenvalue weighted by Crippen LogP contribution is 2.14. The number of benzene rings is 1. The molecular weight excluding hydrogens is 244 g/mol. The predicted octanol–water partition coefficient (Wildman–Crippen LogP) is 2.50. The minimum Gasteiger partial charge on any atom is -0.370 e. The molecule has 0 unspecified atom stereocenters. The van der Waals surface area contributed by atoms with E-state index in [0.717, 1.165) is 11.6 Å². The molecule has 0 saturated heterocycles. The van der Waals surface area contributed by atoms with Crippen molar-refractivity contribution < 1.29 is 13.3 Å². The van der Waals surface area contributed by atoms with Crippen molar-refractivity contribution in [3.8, 4) is 0 Å². The minimum absolute atomic E-state index is 0.601. The monoisotopic (exact) mass is 268 g/mol. The van der Waals surface area contributed by atoms with E-state index < -0.39 is 8.80 Å². The molecule has 0 aromatic heterocycles. The lowest BCUT2D eigenvalue weighted by atomic mass is 10.2. The third-order valence-corrected chi connectivity index (χ3v) is 5.88. The van der Waals surface area contributed by atoms with Crippen LogP contribution in [0.15, 0.2) is 24.3 Å². The van der Waals surface area contributed by atoms with Gasteiger partial charge in [-0.15, -0.1) is 0 Å². The summed E-state index contributed by atoms with van der Waals surface area (Å²) < 4.78 is 17.8. The molecule has 102 valence electrons. The molecule has 1 rings (SSSR count). The van der Waals surface area contributed by atoms with Gasteiger partial charge in [0.15, 0.2) is 0 Å². The Morgan fingerprint density at radius 2 is 1.33 bits per heavy atom. The van der Waals surface area contributed by atoms with E-state index >= 15 is 0 Å². The Morgan fingerprint density at radius 3 is 1.78 bits per heavy atom. The van der Waals surface area contributed by atoms with E-state index in [4.69, 9.17) is 13.3 Å². The Morgan fingerprint density at radius 1 is 0.833 bits per heavy atom. The summed E-state index contributed by atoms with van der Waals surface area (Å²) in [4.78, 5) is 0. The highest BCUT2D eigenvalue weighted by Gasteiger charge is 2.44. The molecule has 0 spiro atoms. The molecule has 0 atom stereocenters. The summed E-state index contributed by atoms with van der Waals surface area (Å²) >= 11 is 0. The zero-order valence-electron chi connectivity index (χ0n) is 11.9. The van der Waals surface area contributed by atoms with Crippen LogP contribution in [0.1, 0.15) is 33.3 Å². The van der Waals surface area contributed by atoms with E-state index in [1.807, 2.05) is 32.9 Å². The van der Waals surface area contributed by atoms with Gasteiger partial charge in [0.2, 0.25) is 0 Å². The van der Waals surface area contributed by atoms with Crippen molar-refractivity contribution in [2.24, 2.45) is 0 Å². The fourth-order valence-electron chi connectivity index (χ4n) is 2.06. The van der Waals surface area contributed by atoms with E-state index in [-0.39, 0.29) is 0 Å². The van der Waals surface area contributed by atoms with Gasteiger partial charge in [-0.25, -0.2) is 0 Å². The number of hydrogen-bond donors (Lipinski definition) is 0. The molecule has 18 heavy (non-hydrogen) atoms. The van der Waals surface area contributed by atoms with Crippen LogP contribution in [0.4, 0.5) is 0 Å². The van der Waals surface area contributed by atoms with Crippen LogP contribution < -0.4 is 5.19 Å². The van der Waals surface area contributed by atoms with Crippen LogP contribution in [0.25, 0.3) is 0 Å². The Bertz CT molecular complexity index is 338. The summed E-state index contributed by atoms with van der Waals surface area (Å²) in [6, 6.07) is 8.26. The maximum Gasteiger partial charge on any atom is 0.537 e. The van der Waals surface area contributed by atoms with Crippen molar-refractivity contribution in [2.75, 3.05) is 19.8 Å². The summed E-state index contributed by atoms with van der Waals surface area (Å²) in [6.45, 7) is 9.89. The first-order valence-electron chi connectivity index (χ1n) is 6.74. The molecule has 0 aliphatic heterocycles. The van der Waals surface area contributed by atoms with Gasteiger partial charge >= 0.3 is 8.80 Å². The van der Waals surface area contributed by atoms with Crippen LogP contribution in [0.5, 0.6) is 0 Å². The van der Waals surface area contributed by atoms with E-state index in [0.29, 0.717) is 19.8 Å². The number of hydrogen-bond acceptors (Lipinski definition) is 3. The van der Waals surface area contributed by atoms with Gasteiger partial charge in [0.25, 0.3) is 0 Å². The van der Waals surface area contributed by atoms with Crippen molar-refractivity contribution >= 4 is 14.0 Å². The zero-order valence-corrected chi connectivity index (χ0v) is 12.9. The van der Waals surface area contributed by atoms with Crippen LogP contribution >= 0.6 is 0 Å². The van der Waals surface area contributed by atoms with Gasteiger partial charge in [0, 0.05) is 25.0 Å². The average molecular weight is 268 g/mol. The topological polar surface area (TPSA) is 27.7 Å². The molecule has 0 N–H and O–H groups in total. The summed E-state index contributed by atoms with van der Waals surface area (Å²) in [7, 11) is -2.74. The van der Waals surface area contributed by atoms with Gasteiger partial charge in [0.05, 0.1) is 0 Å². The third kappa shape index (κ3) is 3.42. The lowest BCUT2D eigenvalue weighted by Gasteiger charge is -2.30. The molecule has 0 saturated carbocycles. The Labute approximate surface area is 111 Å². The molecule has 0 amide bonds. The van der Waals surface area contributed by atoms with Gasteiger partial charge in [-0.1, -0.05) is 31.2 Å². The van der Waals surface area contributed by atoms with E-state index in [1.165, 1.54) is 5.56 Å². The standard InChI is InChI=1S/C14H24O3Si/c1-5-13-11-9-10-12-14(13)18(15-6-2,16-7-3)17-8-4/h9-12H,5-8H2,1-4H3. The smallest absolute Gasteiger partial charge is 0.370 e. The quantitative estimate of drug-likeness (QED) is 0.678. The SMILES string of the molecule is CCO[Si](OCC)(OCC)c1ccccc1CC. The van der Waals surface area contributed by atoms with Crippen molar-refractivity contribution in [2.45, 2.75) is 34.1 Å². The molecular formula is C14H24O3Si. The second-order valence-electron chi connectivity index (χ2n) is 3.87. The first-order valence-corrected chi connectivity index (χ1v) is 8.46. The third-order valence-electron chi connectivity index (χ3n) is 2.73. The molecule has 3 nitrogen and oxygen atoms in total.